The molecule has 170 valence electrons. The lowest BCUT2D eigenvalue weighted by atomic mass is 10.1. The predicted molar refractivity (Wildman–Crippen MR) is 128 cm³/mol. The van der Waals surface area contributed by atoms with E-state index in [-0.39, 0.29) is 0 Å². The number of ether oxygens (including phenoxy) is 3. The Labute approximate surface area is 196 Å². The zero-order chi connectivity index (χ0) is 23.2. The van der Waals surface area contributed by atoms with Crippen LogP contribution in [-0.2, 0) is 9.53 Å². The highest BCUT2D eigenvalue weighted by atomic mass is 32.2. The van der Waals surface area contributed by atoms with Crippen molar-refractivity contribution in [3.05, 3.63) is 84.4 Å². The fraction of sp³-hybridized carbons (Fsp3) is 0.200. The summed E-state index contributed by atoms with van der Waals surface area (Å²) in [4.78, 5) is 27.4. The van der Waals surface area contributed by atoms with Crippen LogP contribution in [0.3, 0.4) is 0 Å². The summed E-state index contributed by atoms with van der Waals surface area (Å²) in [5.74, 6) is 1.84. The van der Waals surface area contributed by atoms with Crippen LogP contribution in [-0.4, -0.2) is 42.9 Å². The first-order valence-corrected chi connectivity index (χ1v) is 11.4. The van der Waals surface area contributed by atoms with Gasteiger partial charge in [0.2, 0.25) is 0 Å². The van der Waals surface area contributed by atoms with E-state index in [1.807, 2.05) is 60.7 Å². The average Bonchev–Trinajstić information content (AvgIpc) is 3.30. The SMILES string of the molecule is COC(=O)C1CSC(c2cccc(Oc3ccccc3)c2)N1C(=O)Nc1ccccc1OC. The smallest absolute Gasteiger partial charge is 0.329 e. The minimum Gasteiger partial charge on any atom is -0.495 e. The zero-order valence-electron chi connectivity index (χ0n) is 18.3. The summed E-state index contributed by atoms with van der Waals surface area (Å²) >= 11 is 1.50. The van der Waals surface area contributed by atoms with Crippen molar-refractivity contribution < 1.29 is 23.8 Å². The number of carbonyl (C=O) groups is 2. The minimum absolute atomic E-state index is 0.400. The maximum atomic E-state index is 13.4. The highest BCUT2D eigenvalue weighted by Crippen LogP contribution is 2.43. The Kier molecular flexibility index (Phi) is 7.04. The molecule has 0 aromatic heterocycles. The monoisotopic (exact) mass is 464 g/mol. The molecule has 2 amide bonds. The molecule has 2 unspecified atom stereocenters. The molecular formula is C25H24N2O5S. The van der Waals surface area contributed by atoms with Crippen LogP contribution in [0.2, 0.25) is 0 Å². The van der Waals surface area contributed by atoms with E-state index >= 15 is 0 Å². The van der Waals surface area contributed by atoms with Crippen LogP contribution in [0.1, 0.15) is 10.9 Å². The Balaban J connectivity index is 1.62. The third-order valence-electron chi connectivity index (χ3n) is 5.18. The Morgan fingerprint density at radius 3 is 2.42 bits per heavy atom. The van der Waals surface area contributed by atoms with Crippen LogP contribution in [0, 0.1) is 0 Å². The molecule has 0 spiro atoms. The van der Waals surface area contributed by atoms with Gasteiger partial charge in [-0.2, -0.15) is 0 Å². The van der Waals surface area contributed by atoms with Gasteiger partial charge < -0.3 is 19.5 Å². The van der Waals surface area contributed by atoms with E-state index in [1.165, 1.54) is 30.9 Å². The van der Waals surface area contributed by atoms with Crippen LogP contribution >= 0.6 is 11.8 Å². The fourth-order valence-corrected chi connectivity index (χ4v) is 5.02. The lowest BCUT2D eigenvalue weighted by Gasteiger charge is -2.29. The number of para-hydroxylation sites is 3. The molecule has 1 heterocycles. The maximum absolute atomic E-state index is 13.4. The van der Waals surface area contributed by atoms with E-state index in [1.54, 1.807) is 18.2 Å². The molecule has 0 radical (unpaired) electrons. The van der Waals surface area contributed by atoms with Crippen LogP contribution in [0.5, 0.6) is 17.2 Å². The third kappa shape index (κ3) is 5.06. The molecule has 1 fully saturated rings. The molecule has 0 aliphatic carbocycles. The number of urea groups is 1. The molecule has 8 heteroatoms. The molecule has 2 atom stereocenters. The number of nitrogens with zero attached hydrogens (tertiary/aromatic N) is 1. The number of thioether (sulfide) groups is 1. The predicted octanol–water partition coefficient (Wildman–Crippen LogP) is 5.31. The summed E-state index contributed by atoms with van der Waals surface area (Å²) in [6.45, 7) is 0. The van der Waals surface area contributed by atoms with Crippen molar-refractivity contribution in [2.75, 3.05) is 25.3 Å². The van der Waals surface area contributed by atoms with Gasteiger partial charge in [-0.3, -0.25) is 4.90 Å². The standard InChI is InChI=1S/C25H24N2O5S/c1-30-22-14-7-6-13-20(22)26-25(29)27-21(24(28)31-2)16-33-23(27)17-9-8-12-19(15-17)32-18-10-4-3-5-11-18/h3-15,21,23H,16H2,1-2H3,(H,26,29). The maximum Gasteiger partial charge on any atom is 0.329 e. The Morgan fingerprint density at radius 2 is 1.67 bits per heavy atom. The van der Waals surface area contributed by atoms with E-state index in [4.69, 9.17) is 14.2 Å². The first-order chi connectivity index (χ1) is 16.1. The molecule has 33 heavy (non-hydrogen) atoms. The summed E-state index contributed by atoms with van der Waals surface area (Å²) in [6, 6.07) is 23.0. The number of hydrogen-bond donors (Lipinski definition) is 1. The number of hydrogen-bond acceptors (Lipinski definition) is 6. The van der Waals surface area contributed by atoms with Crippen molar-refractivity contribution in [3.8, 4) is 17.2 Å². The number of benzene rings is 3. The second kappa shape index (κ2) is 10.3. The van der Waals surface area contributed by atoms with Gasteiger partial charge in [-0.15, -0.1) is 11.8 Å². The van der Waals surface area contributed by atoms with Crippen LogP contribution < -0.4 is 14.8 Å². The lowest BCUT2D eigenvalue weighted by molar-refractivity contribution is -0.144. The molecule has 1 N–H and O–H groups in total. The quantitative estimate of drug-likeness (QED) is 0.498. The molecule has 1 saturated heterocycles. The largest absolute Gasteiger partial charge is 0.495 e. The van der Waals surface area contributed by atoms with Gasteiger partial charge in [0, 0.05) is 5.75 Å². The van der Waals surface area contributed by atoms with Crippen molar-refractivity contribution in [2.45, 2.75) is 11.4 Å². The van der Waals surface area contributed by atoms with Gasteiger partial charge in [-0.25, -0.2) is 9.59 Å². The van der Waals surface area contributed by atoms with E-state index in [0.29, 0.717) is 28.7 Å². The number of nitrogens with one attached hydrogen (secondary N) is 1. The van der Waals surface area contributed by atoms with E-state index < -0.39 is 23.4 Å². The summed E-state index contributed by atoms with van der Waals surface area (Å²) < 4.78 is 16.3. The molecule has 1 aliphatic heterocycles. The summed E-state index contributed by atoms with van der Waals surface area (Å²) in [7, 11) is 2.86. The molecule has 3 aromatic carbocycles. The Hall–Kier alpha value is -3.65. The first-order valence-electron chi connectivity index (χ1n) is 10.4. The van der Waals surface area contributed by atoms with Crippen LogP contribution in [0.15, 0.2) is 78.9 Å². The summed E-state index contributed by atoms with van der Waals surface area (Å²) in [5.41, 5.74) is 1.36. The Morgan fingerprint density at radius 1 is 0.939 bits per heavy atom. The number of amides is 2. The van der Waals surface area contributed by atoms with Gasteiger partial charge in [0.25, 0.3) is 0 Å². The highest BCUT2D eigenvalue weighted by Gasteiger charge is 2.43. The second-order valence-corrected chi connectivity index (χ2v) is 8.36. The van der Waals surface area contributed by atoms with Gasteiger partial charge in [-0.05, 0) is 42.0 Å². The molecule has 7 nitrogen and oxygen atoms in total. The number of methoxy groups -OCH3 is 2. The van der Waals surface area contributed by atoms with Crippen molar-refractivity contribution in [3.63, 3.8) is 0 Å². The zero-order valence-corrected chi connectivity index (χ0v) is 19.1. The minimum atomic E-state index is -0.724. The Bertz CT molecular complexity index is 1120. The lowest BCUT2D eigenvalue weighted by Crippen LogP contribution is -2.45. The van der Waals surface area contributed by atoms with Gasteiger partial charge in [-0.1, -0.05) is 42.5 Å². The third-order valence-corrected chi connectivity index (χ3v) is 6.50. The van der Waals surface area contributed by atoms with Crippen molar-refractivity contribution in [2.24, 2.45) is 0 Å². The van der Waals surface area contributed by atoms with Gasteiger partial charge in [0.15, 0.2) is 0 Å². The van der Waals surface area contributed by atoms with Crippen molar-refractivity contribution in [1.29, 1.82) is 0 Å². The molecule has 0 bridgehead atoms. The molecule has 4 rings (SSSR count). The number of carbonyl (C=O) groups excluding carboxylic acids is 2. The molecule has 0 saturated carbocycles. The van der Waals surface area contributed by atoms with Gasteiger partial charge >= 0.3 is 12.0 Å². The van der Waals surface area contributed by atoms with E-state index in [2.05, 4.69) is 5.32 Å². The molecule has 1 aliphatic rings. The van der Waals surface area contributed by atoms with Gasteiger partial charge in [0.1, 0.15) is 28.7 Å². The fourth-order valence-electron chi connectivity index (χ4n) is 3.61. The normalized spacial score (nSPS) is 17.3. The van der Waals surface area contributed by atoms with E-state index in [0.717, 1.165) is 5.56 Å². The number of esters is 1. The van der Waals surface area contributed by atoms with E-state index in [9.17, 15) is 9.59 Å². The highest BCUT2D eigenvalue weighted by molar-refractivity contribution is 7.99. The summed E-state index contributed by atoms with van der Waals surface area (Å²) in [6.07, 6.45) is 0. The summed E-state index contributed by atoms with van der Waals surface area (Å²) in [5, 5.41) is 2.48. The number of anilines is 1. The molecular weight excluding hydrogens is 440 g/mol. The van der Waals surface area contributed by atoms with Crippen molar-refractivity contribution >= 4 is 29.4 Å². The average molecular weight is 465 g/mol. The van der Waals surface area contributed by atoms with Crippen molar-refractivity contribution in [1.82, 2.24) is 4.90 Å². The van der Waals surface area contributed by atoms with Crippen LogP contribution in [0.25, 0.3) is 0 Å². The topological polar surface area (TPSA) is 77.1 Å². The second-order valence-electron chi connectivity index (χ2n) is 7.25. The number of rotatable bonds is 6. The van der Waals surface area contributed by atoms with Gasteiger partial charge in [0.05, 0.1) is 19.9 Å². The first kappa shape index (κ1) is 22.5. The molecule has 3 aromatic rings. The van der Waals surface area contributed by atoms with Crippen LogP contribution in [0.4, 0.5) is 10.5 Å².